The van der Waals surface area contributed by atoms with Crippen molar-refractivity contribution < 1.29 is 14.3 Å². The van der Waals surface area contributed by atoms with Crippen molar-refractivity contribution in [1.29, 1.82) is 0 Å². The summed E-state index contributed by atoms with van der Waals surface area (Å²) in [6.07, 6.45) is 0. The Bertz CT molecular complexity index is 905. The summed E-state index contributed by atoms with van der Waals surface area (Å²) in [5.74, 6) is -0.459. The average Bonchev–Trinajstić information content (AvgIpc) is 2.98. The van der Waals surface area contributed by atoms with Gasteiger partial charge in [-0.05, 0) is 12.1 Å². The number of nitrogen functional groups attached to an aromatic ring is 1. The number of anilines is 1. The van der Waals surface area contributed by atoms with Crippen molar-refractivity contribution in [3.05, 3.63) is 46.2 Å². The SMILES string of the molecule is Nc1nc2c(nnn2COCCOC(=O)c2ccccc2)c(=O)[nH]1. The van der Waals surface area contributed by atoms with E-state index in [0.29, 0.717) is 5.56 Å². The quantitative estimate of drug-likeness (QED) is 0.473. The van der Waals surface area contributed by atoms with Crippen LogP contribution < -0.4 is 11.3 Å². The number of carbonyl (C=O) groups excluding carboxylic acids is 1. The number of aromatic nitrogens is 5. The van der Waals surface area contributed by atoms with E-state index in [1.807, 2.05) is 6.07 Å². The van der Waals surface area contributed by atoms with E-state index in [1.165, 1.54) is 4.68 Å². The molecule has 3 N–H and O–H groups in total. The number of hydrogen-bond donors (Lipinski definition) is 2. The monoisotopic (exact) mass is 330 g/mol. The van der Waals surface area contributed by atoms with Crippen LogP contribution in [0.1, 0.15) is 10.4 Å². The summed E-state index contributed by atoms with van der Waals surface area (Å²) in [5.41, 5.74) is 5.78. The lowest BCUT2D eigenvalue weighted by atomic mass is 10.2. The molecule has 3 aromatic rings. The molecule has 0 bridgehead atoms. The highest BCUT2D eigenvalue weighted by Crippen LogP contribution is 2.04. The highest BCUT2D eigenvalue weighted by Gasteiger charge is 2.11. The van der Waals surface area contributed by atoms with Gasteiger partial charge in [0.1, 0.15) is 13.3 Å². The van der Waals surface area contributed by atoms with Gasteiger partial charge in [0, 0.05) is 0 Å². The maximum Gasteiger partial charge on any atom is 0.338 e. The largest absolute Gasteiger partial charge is 0.460 e. The summed E-state index contributed by atoms with van der Waals surface area (Å²) in [4.78, 5) is 29.6. The Morgan fingerprint density at radius 3 is 2.83 bits per heavy atom. The molecule has 24 heavy (non-hydrogen) atoms. The number of ether oxygens (including phenoxy) is 2. The third-order valence-corrected chi connectivity index (χ3v) is 3.08. The molecular formula is C14H14N6O4. The molecule has 0 saturated carbocycles. The third-order valence-electron chi connectivity index (χ3n) is 3.08. The van der Waals surface area contributed by atoms with Crippen molar-refractivity contribution in [2.24, 2.45) is 0 Å². The molecule has 1 aromatic carbocycles. The fourth-order valence-corrected chi connectivity index (χ4v) is 1.97. The van der Waals surface area contributed by atoms with Gasteiger partial charge in [-0.15, -0.1) is 5.10 Å². The predicted molar refractivity (Wildman–Crippen MR) is 83.0 cm³/mol. The van der Waals surface area contributed by atoms with E-state index in [4.69, 9.17) is 15.2 Å². The lowest BCUT2D eigenvalue weighted by molar-refractivity contribution is 0.0150. The maximum atomic E-state index is 11.7. The van der Waals surface area contributed by atoms with Crippen LogP contribution >= 0.6 is 0 Å². The minimum Gasteiger partial charge on any atom is -0.460 e. The lowest BCUT2D eigenvalue weighted by Gasteiger charge is -2.06. The zero-order valence-corrected chi connectivity index (χ0v) is 12.5. The number of carbonyl (C=O) groups is 1. The zero-order chi connectivity index (χ0) is 16.9. The van der Waals surface area contributed by atoms with Gasteiger partial charge >= 0.3 is 5.97 Å². The first-order valence-corrected chi connectivity index (χ1v) is 7.04. The molecule has 0 atom stereocenters. The summed E-state index contributed by atoms with van der Waals surface area (Å²) in [6.45, 7) is 0.227. The second-order valence-corrected chi connectivity index (χ2v) is 4.75. The molecule has 2 heterocycles. The number of H-pyrrole nitrogens is 1. The van der Waals surface area contributed by atoms with Crippen LogP contribution in [0.2, 0.25) is 0 Å². The normalized spacial score (nSPS) is 10.8. The second kappa shape index (κ2) is 6.87. The van der Waals surface area contributed by atoms with Gasteiger partial charge < -0.3 is 15.2 Å². The molecule has 0 aliphatic carbocycles. The van der Waals surface area contributed by atoms with Crippen molar-refractivity contribution in [2.45, 2.75) is 6.73 Å². The molecule has 10 heteroatoms. The van der Waals surface area contributed by atoms with Crippen LogP contribution in [-0.4, -0.2) is 44.1 Å². The Labute approximate surface area is 135 Å². The first-order chi connectivity index (χ1) is 11.6. The fraction of sp³-hybridized carbons (Fsp3) is 0.214. The van der Waals surface area contributed by atoms with Gasteiger partial charge in [0.25, 0.3) is 5.56 Å². The molecule has 10 nitrogen and oxygen atoms in total. The van der Waals surface area contributed by atoms with E-state index in [2.05, 4.69) is 20.3 Å². The van der Waals surface area contributed by atoms with Crippen LogP contribution in [0.15, 0.2) is 35.1 Å². The Morgan fingerprint density at radius 2 is 2.04 bits per heavy atom. The first kappa shape index (κ1) is 15.6. The van der Waals surface area contributed by atoms with Crippen molar-refractivity contribution >= 4 is 23.1 Å². The summed E-state index contributed by atoms with van der Waals surface area (Å²) in [6, 6.07) is 8.65. The van der Waals surface area contributed by atoms with E-state index < -0.39 is 11.5 Å². The van der Waals surface area contributed by atoms with Gasteiger partial charge in [-0.1, -0.05) is 23.4 Å². The van der Waals surface area contributed by atoms with Crippen LogP contribution in [0.4, 0.5) is 5.95 Å². The molecule has 0 spiro atoms. The number of nitrogens with two attached hydrogens (primary N) is 1. The van der Waals surface area contributed by atoms with Crippen molar-refractivity contribution in [3.63, 3.8) is 0 Å². The Morgan fingerprint density at radius 1 is 1.25 bits per heavy atom. The molecule has 0 amide bonds. The van der Waals surface area contributed by atoms with Gasteiger partial charge in [-0.2, -0.15) is 4.98 Å². The molecule has 124 valence electrons. The minimum absolute atomic E-state index is 0.00468. The number of nitrogens with one attached hydrogen (secondary N) is 1. The van der Waals surface area contributed by atoms with Crippen LogP contribution in [-0.2, 0) is 16.2 Å². The van der Waals surface area contributed by atoms with E-state index >= 15 is 0 Å². The summed E-state index contributed by atoms with van der Waals surface area (Å²) >= 11 is 0. The van der Waals surface area contributed by atoms with E-state index in [9.17, 15) is 9.59 Å². The summed E-state index contributed by atoms with van der Waals surface area (Å²) in [7, 11) is 0. The lowest BCUT2D eigenvalue weighted by Crippen LogP contribution is -2.14. The van der Waals surface area contributed by atoms with Crippen molar-refractivity contribution in [1.82, 2.24) is 25.0 Å². The standard InChI is InChI=1S/C14H14N6O4/c15-14-16-11-10(12(21)17-14)18-19-20(11)8-23-6-7-24-13(22)9-4-2-1-3-5-9/h1-5H,6-8H2,(H3,15,16,17,21). The number of rotatable bonds is 6. The number of aromatic amines is 1. The first-order valence-electron chi connectivity index (χ1n) is 7.04. The summed E-state index contributed by atoms with van der Waals surface area (Å²) < 4.78 is 11.7. The molecule has 0 aliphatic heterocycles. The molecule has 0 fully saturated rings. The third kappa shape index (κ3) is 3.38. The minimum atomic E-state index is -0.472. The Hall–Kier alpha value is -3.27. The summed E-state index contributed by atoms with van der Waals surface area (Å²) in [5, 5.41) is 7.49. The van der Waals surface area contributed by atoms with Crippen LogP contribution in [0, 0.1) is 0 Å². The zero-order valence-electron chi connectivity index (χ0n) is 12.5. The molecule has 0 unspecified atom stereocenters. The van der Waals surface area contributed by atoms with Gasteiger partial charge in [-0.3, -0.25) is 9.78 Å². The Balaban J connectivity index is 1.51. The number of fused-ring (bicyclic) bond motifs is 1. The highest BCUT2D eigenvalue weighted by atomic mass is 16.6. The smallest absolute Gasteiger partial charge is 0.338 e. The van der Waals surface area contributed by atoms with Gasteiger partial charge in [0.15, 0.2) is 11.2 Å². The average molecular weight is 330 g/mol. The molecular weight excluding hydrogens is 316 g/mol. The predicted octanol–water partition coefficient (Wildman–Crippen LogP) is -0.0721. The molecule has 0 aliphatic rings. The van der Waals surface area contributed by atoms with Crippen LogP contribution in [0.5, 0.6) is 0 Å². The van der Waals surface area contributed by atoms with E-state index in [0.717, 1.165) is 0 Å². The molecule has 0 saturated heterocycles. The van der Waals surface area contributed by atoms with Gasteiger partial charge in [0.2, 0.25) is 5.95 Å². The van der Waals surface area contributed by atoms with Crippen molar-refractivity contribution in [2.75, 3.05) is 18.9 Å². The number of nitrogens with zero attached hydrogens (tertiary/aromatic N) is 4. The Kier molecular flexibility index (Phi) is 4.47. The number of esters is 1. The highest BCUT2D eigenvalue weighted by molar-refractivity contribution is 5.89. The van der Waals surface area contributed by atoms with Crippen LogP contribution in [0.25, 0.3) is 11.2 Å². The number of hydrogen-bond acceptors (Lipinski definition) is 8. The molecule has 3 rings (SSSR count). The van der Waals surface area contributed by atoms with E-state index in [1.54, 1.807) is 24.3 Å². The van der Waals surface area contributed by atoms with Crippen LogP contribution in [0.3, 0.4) is 0 Å². The van der Waals surface area contributed by atoms with Gasteiger partial charge in [0.05, 0.1) is 12.2 Å². The second-order valence-electron chi connectivity index (χ2n) is 4.75. The maximum absolute atomic E-state index is 11.7. The topological polar surface area (TPSA) is 138 Å². The molecule has 2 aromatic heterocycles. The van der Waals surface area contributed by atoms with E-state index in [-0.39, 0.29) is 37.1 Å². The fourth-order valence-electron chi connectivity index (χ4n) is 1.97. The molecule has 0 radical (unpaired) electrons. The number of benzene rings is 1. The van der Waals surface area contributed by atoms with Crippen molar-refractivity contribution in [3.8, 4) is 0 Å². The van der Waals surface area contributed by atoms with Gasteiger partial charge in [-0.25, -0.2) is 9.48 Å².